The highest BCUT2D eigenvalue weighted by molar-refractivity contribution is 7.12. The van der Waals surface area contributed by atoms with Gasteiger partial charge in [0.2, 0.25) is 0 Å². The molecule has 28 heavy (non-hydrogen) atoms. The smallest absolute Gasteiger partial charge is 0.258 e. The number of thiophene rings is 1. The summed E-state index contributed by atoms with van der Waals surface area (Å²) in [5.74, 6) is -0.542. The first kappa shape index (κ1) is 21.3. The van der Waals surface area contributed by atoms with Crippen molar-refractivity contribution in [1.82, 2.24) is 5.32 Å². The number of nitrogens with one attached hydrogen (secondary N) is 1. The number of benzene rings is 2. The van der Waals surface area contributed by atoms with Gasteiger partial charge in [-0.15, -0.1) is 23.7 Å². The Morgan fingerprint density at radius 2 is 1.71 bits per heavy atom. The van der Waals surface area contributed by atoms with Crippen LogP contribution in [0.1, 0.15) is 20.8 Å². The summed E-state index contributed by atoms with van der Waals surface area (Å²) >= 11 is 1.54. The summed E-state index contributed by atoms with van der Waals surface area (Å²) in [6.07, 6.45) is 0.602. The maximum atomic E-state index is 12.1. The number of halogens is 1. The Bertz CT molecular complexity index is 937. The van der Waals surface area contributed by atoms with Crippen LogP contribution in [0, 0.1) is 0 Å². The molecule has 0 aliphatic rings. The molecule has 0 bridgehead atoms. The van der Waals surface area contributed by atoms with Crippen LogP contribution >= 0.6 is 23.7 Å². The third-order valence-electron chi connectivity index (χ3n) is 3.91. The highest BCUT2D eigenvalue weighted by Gasteiger charge is 2.15. The summed E-state index contributed by atoms with van der Waals surface area (Å²) < 4.78 is 0. The Morgan fingerprint density at radius 3 is 2.32 bits per heavy atom. The first-order chi connectivity index (χ1) is 13.0. The molecule has 8 heteroatoms. The average Bonchev–Trinajstić information content (AvgIpc) is 3.18. The van der Waals surface area contributed by atoms with Crippen LogP contribution in [-0.2, 0) is 6.42 Å². The molecule has 146 valence electrons. The number of phenolic OH excluding ortho intramolecular Hbond substituents is 2. The van der Waals surface area contributed by atoms with Gasteiger partial charge in [-0.1, -0.05) is 24.3 Å². The van der Waals surface area contributed by atoms with E-state index in [1.165, 1.54) is 29.5 Å². The Labute approximate surface area is 172 Å². The molecule has 0 unspecified atom stereocenters. The lowest BCUT2D eigenvalue weighted by atomic mass is 10.1. The van der Waals surface area contributed by atoms with Crippen LogP contribution in [0.3, 0.4) is 0 Å². The predicted molar refractivity (Wildman–Crippen MR) is 114 cm³/mol. The minimum absolute atomic E-state index is 0. The number of rotatable bonds is 6. The Balaban J connectivity index is 0.00000280. The molecule has 1 heterocycles. The van der Waals surface area contributed by atoms with Gasteiger partial charge in [0.05, 0.1) is 10.6 Å². The van der Waals surface area contributed by atoms with Gasteiger partial charge in [0, 0.05) is 6.54 Å². The maximum absolute atomic E-state index is 12.1. The molecule has 0 spiro atoms. The number of aliphatic imine (C=N–C) groups is 1. The van der Waals surface area contributed by atoms with Gasteiger partial charge < -0.3 is 21.3 Å². The van der Waals surface area contributed by atoms with E-state index in [2.05, 4.69) is 10.3 Å². The molecule has 0 aliphatic carbocycles. The fourth-order valence-corrected chi connectivity index (χ4v) is 3.15. The summed E-state index contributed by atoms with van der Waals surface area (Å²) in [5, 5.41) is 24.1. The van der Waals surface area contributed by atoms with Crippen LogP contribution in [0.25, 0.3) is 0 Å². The van der Waals surface area contributed by atoms with Crippen molar-refractivity contribution < 1.29 is 15.0 Å². The molecule has 3 aromatic rings. The summed E-state index contributed by atoms with van der Waals surface area (Å²) in [6, 6.07) is 15.6. The molecule has 0 saturated carbocycles. The van der Waals surface area contributed by atoms with E-state index in [0.29, 0.717) is 18.8 Å². The van der Waals surface area contributed by atoms with Gasteiger partial charge >= 0.3 is 0 Å². The van der Waals surface area contributed by atoms with Gasteiger partial charge in [0.25, 0.3) is 5.91 Å². The number of aromatic hydroxyl groups is 2. The molecule has 0 aliphatic heterocycles. The molecular formula is C20H20ClN3O3S. The fourth-order valence-electron chi connectivity index (χ4n) is 2.53. The molecule has 1 aromatic heterocycles. The number of carbonyl (C=O) groups is 1. The predicted octanol–water partition coefficient (Wildman–Crippen LogP) is 3.59. The topological polar surface area (TPSA) is 108 Å². The first-order valence-electron chi connectivity index (χ1n) is 8.30. The van der Waals surface area contributed by atoms with Gasteiger partial charge in [0.1, 0.15) is 22.9 Å². The van der Waals surface area contributed by atoms with Gasteiger partial charge in [-0.3, -0.25) is 4.79 Å². The van der Waals surface area contributed by atoms with E-state index >= 15 is 0 Å². The van der Waals surface area contributed by atoms with Gasteiger partial charge in [-0.05, 0) is 47.7 Å². The van der Waals surface area contributed by atoms with Gasteiger partial charge in [0.15, 0.2) is 0 Å². The standard InChI is InChI=1S/C20H19N3O3S.ClH/c21-19(17-5-2-12-27-17)23-14-8-6-13(7-9-14)10-11-22-20(26)18-15(24)3-1-4-16(18)25;/h1-9,12,24-25H,10-11H2,(H2,21,23)(H,22,26);1H. The number of amidine groups is 1. The molecular weight excluding hydrogens is 398 g/mol. The normalized spacial score (nSPS) is 10.9. The Kier molecular flexibility index (Phi) is 7.43. The lowest BCUT2D eigenvalue weighted by Crippen LogP contribution is -2.25. The Hall–Kier alpha value is -3.03. The molecule has 0 radical (unpaired) electrons. The lowest BCUT2D eigenvalue weighted by Gasteiger charge is -2.08. The summed E-state index contributed by atoms with van der Waals surface area (Å²) in [4.78, 5) is 17.4. The highest BCUT2D eigenvalue weighted by Crippen LogP contribution is 2.25. The molecule has 0 saturated heterocycles. The van der Waals surface area contributed by atoms with E-state index in [9.17, 15) is 15.0 Å². The van der Waals surface area contributed by atoms with E-state index in [1.54, 1.807) is 0 Å². The summed E-state index contributed by atoms with van der Waals surface area (Å²) in [7, 11) is 0. The number of amides is 1. The van der Waals surface area contributed by atoms with Crippen molar-refractivity contribution in [3.05, 3.63) is 76.0 Å². The number of nitrogens with two attached hydrogens (primary N) is 1. The zero-order chi connectivity index (χ0) is 19.2. The number of nitrogens with zero attached hydrogens (tertiary/aromatic N) is 1. The van der Waals surface area contributed by atoms with Crippen molar-refractivity contribution in [2.24, 2.45) is 10.7 Å². The molecule has 0 atom stereocenters. The molecule has 2 aromatic carbocycles. The van der Waals surface area contributed by atoms with Crippen molar-refractivity contribution in [3.8, 4) is 11.5 Å². The van der Waals surface area contributed by atoms with E-state index in [4.69, 9.17) is 5.73 Å². The number of hydrogen-bond donors (Lipinski definition) is 4. The molecule has 3 rings (SSSR count). The van der Waals surface area contributed by atoms with Gasteiger partial charge in [-0.2, -0.15) is 0 Å². The highest BCUT2D eigenvalue weighted by atomic mass is 35.5. The van der Waals surface area contributed by atoms with Crippen LogP contribution in [0.15, 0.2) is 65.0 Å². The van der Waals surface area contributed by atoms with Crippen molar-refractivity contribution in [1.29, 1.82) is 0 Å². The van der Waals surface area contributed by atoms with Crippen molar-refractivity contribution in [2.45, 2.75) is 6.42 Å². The second-order valence-corrected chi connectivity index (χ2v) is 6.77. The van der Waals surface area contributed by atoms with Crippen LogP contribution in [-0.4, -0.2) is 28.5 Å². The van der Waals surface area contributed by atoms with E-state index in [1.807, 2.05) is 41.8 Å². The number of phenols is 2. The minimum atomic E-state index is -0.518. The first-order valence-corrected chi connectivity index (χ1v) is 9.18. The zero-order valence-electron chi connectivity index (χ0n) is 14.8. The molecule has 0 fully saturated rings. The SMILES string of the molecule is Cl.NC(=Nc1ccc(CCNC(=O)c2c(O)cccc2O)cc1)c1cccs1. The van der Waals surface area contributed by atoms with Crippen LogP contribution < -0.4 is 11.1 Å². The third-order valence-corrected chi connectivity index (χ3v) is 4.80. The second-order valence-electron chi connectivity index (χ2n) is 5.82. The van der Waals surface area contributed by atoms with Gasteiger partial charge in [-0.25, -0.2) is 4.99 Å². The Morgan fingerprint density at radius 1 is 1.04 bits per heavy atom. The largest absolute Gasteiger partial charge is 0.507 e. The second kappa shape index (κ2) is 9.77. The van der Waals surface area contributed by atoms with Crippen molar-refractivity contribution in [3.63, 3.8) is 0 Å². The van der Waals surface area contributed by atoms with Crippen LogP contribution in [0.2, 0.25) is 0 Å². The van der Waals surface area contributed by atoms with E-state index < -0.39 is 5.91 Å². The third kappa shape index (κ3) is 5.25. The molecule has 6 nitrogen and oxygen atoms in total. The molecule has 1 amide bonds. The fraction of sp³-hybridized carbons (Fsp3) is 0.100. The number of hydrogen-bond acceptors (Lipinski definition) is 5. The lowest BCUT2D eigenvalue weighted by molar-refractivity contribution is 0.0948. The van der Waals surface area contributed by atoms with Crippen molar-refractivity contribution in [2.75, 3.05) is 6.54 Å². The van der Waals surface area contributed by atoms with Crippen LogP contribution in [0.4, 0.5) is 5.69 Å². The quantitative estimate of drug-likeness (QED) is 0.363. The molecule has 5 N–H and O–H groups in total. The maximum Gasteiger partial charge on any atom is 0.258 e. The minimum Gasteiger partial charge on any atom is -0.507 e. The van der Waals surface area contributed by atoms with E-state index in [-0.39, 0.29) is 29.5 Å². The summed E-state index contributed by atoms with van der Waals surface area (Å²) in [5.41, 5.74) is 7.63. The van der Waals surface area contributed by atoms with Crippen LogP contribution in [0.5, 0.6) is 11.5 Å². The number of carbonyl (C=O) groups excluding carboxylic acids is 1. The average molecular weight is 418 g/mol. The summed E-state index contributed by atoms with van der Waals surface area (Å²) in [6.45, 7) is 0.368. The van der Waals surface area contributed by atoms with E-state index in [0.717, 1.165) is 16.1 Å². The van der Waals surface area contributed by atoms with Crippen molar-refractivity contribution >= 4 is 41.2 Å². The zero-order valence-corrected chi connectivity index (χ0v) is 16.5. The monoisotopic (exact) mass is 417 g/mol.